The van der Waals surface area contributed by atoms with E-state index < -0.39 is 35.7 Å². The molecule has 1 saturated heterocycles. The zero-order valence-electron chi connectivity index (χ0n) is 16.2. The second-order valence-electron chi connectivity index (χ2n) is 7.06. The maximum Gasteiger partial charge on any atom is 0.325 e. The Labute approximate surface area is 167 Å². The van der Waals surface area contributed by atoms with Gasteiger partial charge in [-0.2, -0.15) is 0 Å². The van der Waals surface area contributed by atoms with Crippen LogP contribution in [0.2, 0.25) is 0 Å². The van der Waals surface area contributed by atoms with E-state index in [1.165, 1.54) is 18.2 Å². The molecule has 0 spiro atoms. The number of carbonyl (C=O) groups excluding carboxylic acids is 3. The lowest BCUT2D eigenvalue weighted by atomic mass is 9.93. The number of nitrogens with zero attached hydrogens (tertiary/aromatic N) is 1. The molecular weight excluding hydrogens is 377 g/mol. The summed E-state index contributed by atoms with van der Waals surface area (Å²) in [6.07, 6.45) is 0.946. The molecule has 2 N–H and O–H groups in total. The van der Waals surface area contributed by atoms with Crippen LogP contribution in [0.15, 0.2) is 48.5 Å². The molecule has 2 aromatic rings. The molecule has 29 heavy (non-hydrogen) atoms. The van der Waals surface area contributed by atoms with Crippen LogP contribution in [0, 0.1) is 5.82 Å². The van der Waals surface area contributed by atoms with Gasteiger partial charge in [0.25, 0.3) is 5.91 Å². The minimum absolute atomic E-state index is 0.254. The van der Waals surface area contributed by atoms with Gasteiger partial charge in [0.05, 0.1) is 7.11 Å². The highest BCUT2D eigenvalue weighted by Gasteiger charge is 2.47. The van der Waals surface area contributed by atoms with E-state index in [1.807, 2.05) is 24.3 Å². The SMILES string of the molecule is COc1ccc(CC[C@]2(C)NC(=O)N(CC(=O)Nc3cccc(F)c3)C2=O)cc1. The molecule has 1 heterocycles. The summed E-state index contributed by atoms with van der Waals surface area (Å²) in [4.78, 5) is 38.1. The number of hydrogen-bond acceptors (Lipinski definition) is 4. The van der Waals surface area contributed by atoms with Gasteiger partial charge in [-0.3, -0.25) is 14.5 Å². The van der Waals surface area contributed by atoms with E-state index in [-0.39, 0.29) is 5.69 Å². The number of methoxy groups -OCH3 is 1. The third kappa shape index (κ3) is 4.71. The van der Waals surface area contributed by atoms with Crippen molar-refractivity contribution in [2.45, 2.75) is 25.3 Å². The van der Waals surface area contributed by atoms with Crippen LogP contribution in [0.25, 0.3) is 0 Å². The monoisotopic (exact) mass is 399 g/mol. The van der Waals surface area contributed by atoms with Crippen LogP contribution in [0.1, 0.15) is 18.9 Å². The highest BCUT2D eigenvalue weighted by atomic mass is 19.1. The highest BCUT2D eigenvalue weighted by Crippen LogP contribution is 2.24. The van der Waals surface area contributed by atoms with E-state index in [2.05, 4.69) is 10.6 Å². The van der Waals surface area contributed by atoms with E-state index >= 15 is 0 Å². The molecule has 0 saturated carbocycles. The summed E-state index contributed by atoms with van der Waals surface area (Å²) in [6, 6.07) is 12.2. The van der Waals surface area contributed by atoms with Crippen LogP contribution in [-0.4, -0.2) is 41.9 Å². The number of nitrogens with one attached hydrogen (secondary N) is 2. The number of urea groups is 1. The number of ether oxygens (including phenoxy) is 1. The lowest BCUT2D eigenvalue weighted by molar-refractivity contribution is -0.133. The number of carbonyl (C=O) groups is 3. The molecule has 1 aliphatic rings. The first-order valence-electron chi connectivity index (χ1n) is 9.13. The molecule has 0 aliphatic carbocycles. The fourth-order valence-electron chi connectivity index (χ4n) is 3.16. The summed E-state index contributed by atoms with van der Waals surface area (Å²) in [5.74, 6) is -0.812. The van der Waals surface area contributed by atoms with Crippen molar-refractivity contribution in [3.63, 3.8) is 0 Å². The van der Waals surface area contributed by atoms with Crippen LogP contribution in [-0.2, 0) is 16.0 Å². The Kier molecular flexibility index (Phi) is 5.81. The molecular formula is C21H22FN3O4. The maximum atomic E-state index is 13.2. The predicted octanol–water partition coefficient (Wildman–Crippen LogP) is 2.72. The summed E-state index contributed by atoms with van der Waals surface area (Å²) in [6.45, 7) is 1.19. The number of imide groups is 1. The molecule has 1 atom stereocenters. The van der Waals surface area contributed by atoms with Crippen LogP contribution < -0.4 is 15.4 Å². The zero-order valence-corrected chi connectivity index (χ0v) is 16.2. The van der Waals surface area contributed by atoms with Crippen LogP contribution in [0.4, 0.5) is 14.9 Å². The van der Waals surface area contributed by atoms with Gasteiger partial charge < -0.3 is 15.4 Å². The quantitative estimate of drug-likeness (QED) is 0.701. The summed E-state index contributed by atoms with van der Waals surface area (Å²) in [7, 11) is 1.59. The van der Waals surface area contributed by atoms with Gasteiger partial charge in [0, 0.05) is 5.69 Å². The van der Waals surface area contributed by atoms with E-state index in [4.69, 9.17) is 4.74 Å². The Morgan fingerprint density at radius 3 is 2.59 bits per heavy atom. The van der Waals surface area contributed by atoms with Crippen LogP contribution in [0.3, 0.4) is 0 Å². The van der Waals surface area contributed by atoms with Gasteiger partial charge in [0.15, 0.2) is 0 Å². The van der Waals surface area contributed by atoms with Gasteiger partial charge in [-0.1, -0.05) is 18.2 Å². The van der Waals surface area contributed by atoms with Gasteiger partial charge >= 0.3 is 6.03 Å². The van der Waals surface area contributed by atoms with Crippen LogP contribution >= 0.6 is 0 Å². The maximum absolute atomic E-state index is 13.2. The first kappa shape index (κ1) is 20.3. The van der Waals surface area contributed by atoms with Crippen molar-refractivity contribution in [1.82, 2.24) is 10.2 Å². The Hall–Kier alpha value is -3.42. The zero-order chi connectivity index (χ0) is 21.0. The molecule has 3 rings (SSSR count). The molecule has 4 amide bonds. The Morgan fingerprint density at radius 1 is 1.21 bits per heavy atom. The molecule has 1 fully saturated rings. The number of anilines is 1. The normalized spacial score (nSPS) is 18.5. The van der Waals surface area contributed by atoms with Gasteiger partial charge in [-0.25, -0.2) is 9.18 Å². The van der Waals surface area contributed by atoms with Crippen LogP contribution in [0.5, 0.6) is 5.75 Å². The third-order valence-electron chi connectivity index (χ3n) is 4.83. The topological polar surface area (TPSA) is 87.7 Å². The third-order valence-corrected chi connectivity index (χ3v) is 4.83. The molecule has 1 aliphatic heterocycles. The molecule has 0 aromatic heterocycles. The Balaban J connectivity index is 1.60. The fourth-order valence-corrected chi connectivity index (χ4v) is 3.16. The summed E-state index contributed by atoms with van der Waals surface area (Å²) >= 11 is 0. The smallest absolute Gasteiger partial charge is 0.325 e. The summed E-state index contributed by atoms with van der Waals surface area (Å²) in [5.41, 5.74) is 0.150. The van der Waals surface area contributed by atoms with Crippen molar-refractivity contribution >= 4 is 23.5 Å². The number of aryl methyl sites for hydroxylation is 1. The van der Waals surface area contributed by atoms with Crippen molar-refractivity contribution in [3.05, 3.63) is 59.9 Å². The predicted molar refractivity (Wildman–Crippen MR) is 105 cm³/mol. The molecule has 0 bridgehead atoms. The van der Waals surface area contributed by atoms with Crippen molar-refractivity contribution in [3.8, 4) is 5.75 Å². The van der Waals surface area contributed by atoms with E-state index in [1.54, 1.807) is 14.0 Å². The number of halogens is 1. The van der Waals surface area contributed by atoms with Gasteiger partial charge in [-0.15, -0.1) is 0 Å². The van der Waals surface area contributed by atoms with Crippen molar-refractivity contribution in [1.29, 1.82) is 0 Å². The van der Waals surface area contributed by atoms with Gasteiger partial charge in [-0.05, 0) is 55.7 Å². The molecule has 0 radical (unpaired) electrons. The van der Waals surface area contributed by atoms with Gasteiger partial charge in [0.2, 0.25) is 5.91 Å². The van der Waals surface area contributed by atoms with E-state index in [0.717, 1.165) is 22.3 Å². The van der Waals surface area contributed by atoms with Crippen molar-refractivity contribution in [2.75, 3.05) is 19.0 Å². The number of amides is 4. The molecule has 0 unspecified atom stereocenters. The average molecular weight is 399 g/mol. The second-order valence-corrected chi connectivity index (χ2v) is 7.06. The average Bonchev–Trinajstić information content (AvgIpc) is 2.90. The standard InChI is InChI=1S/C21H22FN3O4/c1-21(11-10-14-6-8-17(29-2)9-7-14)19(27)25(20(28)24-21)13-18(26)23-16-5-3-4-15(22)12-16/h3-9,12H,10-11,13H2,1-2H3,(H,23,26)(H,24,28)/t21-/m0/s1. The minimum Gasteiger partial charge on any atom is -0.497 e. The summed E-state index contributed by atoms with van der Waals surface area (Å²) in [5, 5.41) is 5.16. The minimum atomic E-state index is -1.10. The molecule has 8 heteroatoms. The molecule has 152 valence electrons. The molecule has 2 aromatic carbocycles. The highest BCUT2D eigenvalue weighted by molar-refractivity contribution is 6.09. The first-order valence-corrected chi connectivity index (χ1v) is 9.13. The second kappa shape index (κ2) is 8.30. The van der Waals surface area contributed by atoms with Crippen molar-refractivity contribution < 1.29 is 23.5 Å². The molecule has 7 nitrogen and oxygen atoms in total. The van der Waals surface area contributed by atoms with Gasteiger partial charge in [0.1, 0.15) is 23.7 Å². The Bertz CT molecular complexity index is 932. The first-order chi connectivity index (χ1) is 13.8. The number of hydrogen-bond donors (Lipinski definition) is 2. The van der Waals surface area contributed by atoms with Crippen molar-refractivity contribution in [2.24, 2.45) is 0 Å². The lowest BCUT2D eigenvalue weighted by Crippen LogP contribution is -2.45. The van der Waals surface area contributed by atoms with E-state index in [0.29, 0.717) is 12.8 Å². The Morgan fingerprint density at radius 2 is 1.93 bits per heavy atom. The number of benzene rings is 2. The summed E-state index contributed by atoms with van der Waals surface area (Å²) < 4.78 is 18.4. The largest absolute Gasteiger partial charge is 0.497 e. The van der Waals surface area contributed by atoms with E-state index in [9.17, 15) is 18.8 Å². The number of rotatable bonds is 7. The fraction of sp³-hybridized carbons (Fsp3) is 0.286. The lowest BCUT2D eigenvalue weighted by Gasteiger charge is -2.21.